The lowest BCUT2D eigenvalue weighted by Crippen LogP contribution is -2.36. The summed E-state index contributed by atoms with van der Waals surface area (Å²) in [5.74, 6) is 0.0767. The smallest absolute Gasteiger partial charge is 0.231 e. The van der Waals surface area contributed by atoms with Crippen LogP contribution in [-0.2, 0) is 6.54 Å². The predicted octanol–water partition coefficient (Wildman–Crippen LogP) is 4.52. The van der Waals surface area contributed by atoms with Gasteiger partial charge in [-0.1, -0.05) is 18.6 Å². The number of halogens is 1. The summed E-state index contributed by atoms with van der Waals surface area (Å²) >= 11 is 0. The molecular weight excluding hydrogens is 345 g/mol. The summed E-state index contributed by atoms with van der Waals surface area (Å²) in [5, 5.41) is 10.4. The van der Waals surface area contributed by atoms with E-state index in [4.69, 9.17) is 4.74 Å². The minimum Gasteiger partial charge on any atom is -0.507 e. The highest BCUT2D eigenvalue weighted by Gasteiger charge is 2.32. The number of benzene rings is 2. The molecule has 27 heavy (non-hydrogen) atoms. The summed E-state index contributed by atoms with van der Waals surface area (Å²) in [5.41, 5.74) is 1.63. The molecule has 0 amide bonds. The van der Waals surface area contributed by atoms with Crippen molar-refractivity contribution in [2.24, 2.45) is 0 Å². The third-order valence-corrected chi connectivity index (χ3v) is 5.36. The van der Waals surface area contributed by atoms with Crippen molar-refractivity contribution in [1.29, 1.82) is 0 Å². The van der Waals surface area contributed by atoms with Gasteiger partial charge >= 0.3 is 0 Å². The first-order valence-electron chi connectivity index (χ1n) is 9.31. The standard InChI is InChI=1S/C22H22FNO3/c1-14-5-2-3-10-24(14)13-18-19(25)9-8-17-21(26)20(27-22(17)18)12-15-6-4-7-16(23)11-15/h4,6-9,11-12,14,25H,2-3,5,10,13H2,1H3/b20-12-. The van der Waals surface area contributed by atoms with E-state index in [0.29, 0.717) is 35.0 Å². The van der Waals surface area contributed by atoms with Crippen molar-refractivity contribution in [2.45, 2.75) is 38.8 Å². The molecular formula is C22H22FNO3. The van der Waals surface area contributed by atoms with Crippen LogP contribution >= 0.6 is 0 Å². The number of phenols is 1. The number of ketones is 1. The number of carbonyl (C=O) groups excluding carboxylic acids is 1. The number of fused-ring (bicyclic) bond motifs is 1. The first-order valence-corrected chi connectivity index (χ1v) is 9.31. The Bertz CT molecular complexity index is 922. The van der Waals surface area contributed by atoms with E-state index in [9.17, 15) is 14.3 Å². The van der Waals surface area contributed by atoms with Gasteiger partial charge in [0.05, 0.1) is 11.1 Å². The number of carbonyl (C=O) groups is 1. The van der Waals surface area contributed by atoms with Gasteiger partial charge in [0.25, 0.3) is 0 Å². The molecule has 2 aromatic rings. The number of piperidine rings is 1. The average molecular weight is 367 g/mol. The van der Waals surface area contributed by atoms with Gasteiger partial charge in [-0.3, -0.25) is 9.69 Å². The fraction of sp³-hybridized carbons (Fsp3) is 0.318. The normalized spacial score (nSPS) is 21.3. The van der Waals surface area contributed by atoms with Crippen molar-refractivity contribution >= 4 is 11.9 Å². The molecule has 1 N–H and O–H groups in total. The number of ether oxygens (including phenoxy) is 1. The number of allylic oxidation sites excluding steroid dienone is 1. The van der Waals surface area contributed by atoms with Crippen LogP contribution in [0.25, 0.3) is 6.08 Å². The second-order valence-corrected chi connectivity index (χ2v) is 7.25. The molecule has 4 rings (SSSR count). The molecule has 0 spiro atoms. The molecule has 0 bridgehead atoms. The number of likely N-dealkylation sites (tertiary alicyclic amines) is 1. The minimum atomic E-state index is -0.371. The first kappa shape index (κ1) is 17.7. The van der Waals surface area contributed by atoms with Crippen molar-refractivity contribution in [2.75, 3.05) is 6.54 Å². The second kappa shape index (κ2) is 7.16. The van der Waals surface area contributed by atoms with E-state index in [1.54, 1.807) is 24.3 Å². The summed E-state index contributed by atoms with van der Waals surface area (Å²) in [6.07, 6.45) is 5.01. The SMILES string of the molecule is CC1CCCCN1Cc1c(O)ccc2c1O/C(=C\c1cccc(F)c1)C2=O. The van der Waals surface area contributed by atoms with Gasteiger partial charge in [0, 0.05) is 12.6 Å². The number of phenolic OH excluding ortho intramolecular Hbond substituents is 1. The quantitative estimate of drug-likeness (QED) is 0.811. The number of hydrogen-bond acceptors (Lipinski definition) is 4. The fourth-order valence-corrected chi connectivity index (χ4v) is 3.79. The van der Waals surface area contributed by atoms with E-state index < -0.39 is 0 Å². The Labute approximate surface area is 157 Å². The molecule has 0 aliphatic carbocycles. The second-order valence-electron chi connectivity index (χ2n) is 7.25. The van der Waals surface area contributed by atoms with Crippen LogP contribution in [0.2, 0.25) is 0 Å². The molecule has 1 saturated heterocycles. The Balaban J connectivity index is 1.66. The summed E-state index contributed by atoms with van der Waals surface area (Å²) in [4.78, 5) is 15.0. The van der Waals surface area contributed by atoms with Gasteiger partial charge in [0.15, 0.2) is 5.76 Å². The van der Waals surface area contributed by atoms with Crippen LogP contribution in [0.4, 0.5) is 4.39 Å². The van der Waals surface area contributed by atoms with E-state index in [-0.39, 0.29) is 23.1 Å². The van der Waals surface area contributed by atoms with Gasteiger partial charge in [-0.25, -0.2) is 4.39 Å². The average Bonchev–Trinajstić information content (AvgIpc) is 2.95. The van der Waals surface area contributed by atoms with Crippen molar-refractivity contribution < 1.29 is 19.0 Å². The molecule has 2 aliphatic heterocycles. The Hall–Kier alpha value is -2.66. The highest BCUT2D eigenvalue weighted by atomic mass is 19.1. The van der Waals surface area contributed by atoms with Gasteiger partial charge < -0.3 is 9.84 Å². The van der Waals surface area contributed by atoms with E-state index in [2.05, 4.69) is 11.8 Å². The summed E-state index contributed by atoms with van der Waals surface area (Å²) in [6, 6.07) is 9.56. The first-order chi connectivity index (χ1) is 13.0. The molecule has 2 heterocycles. The number of aromatic hydroxyl groups is 1. The topological polar surface area (TPSA) is 49.8 Å². The van der Waals surface area contributed by atoms with Gasteiger partial charge in [0.1, 0.15) is 17.3 Å². The molecule has 4 nitrogen and oxygen atoms in total. The van der Waals surface area contributed by atoms with Crippen molar-refractivity contribution in [3.63, 3.8) is 0 Å². The summed E-state index contributed by atoms with van der Waals surface area (Å²) in [7, 11) is 0. The lowest BCUT2D eigenvalue weighted by atomic mass is 10.0. The molecule has 5 heteroatoms. The lowest BCUT2D eigenvalue weighted by Gasteiger charge is -2.33. The molecule has 140 valence electrons. The van der Waals surface area contributed by atoms with Crippen molar-refractivity contribution in [1.82, 2.24) is 4.90 Å². The van der Waals surface area contributed by atoms with Crippen LogP contribution < -0.4 is 4.74 Å². The number of Topliss-reactive ketones (excluding diaryl/α,β-unsaturated/α-hetero) is 1. The minimum absolute atomic E-state index is 0.131. The van der Waals surface area contributed by atoms with Gasteiger partial charge in [0.2, 0.25) is 5.78 Å². The molecule has 2 aliphatic rings. The Morgan fingerprint density at radius 1 is 1.30 bits per heavy atom. The lowest BCUT2D eigenvalue weighted by molar-refractivity contribution is 0.101. The zero-order valence-electron chi connectivity index (χ0n) is 15.2. The monoisotopic (exact) mass is 367 g/mol. The van der Waals surface area contributed by atoms with Crippen LogP contribution in [-0.4, -0.2) is 28.4 Å². The highest BCUT2D eigenvalue weighted by molar-refractivity contribution is 6.15. The van der Waals surface area contributed by atoms with Crippen LogP contribution in [0, 0.1) is 5.82 Å². The molecule has 1 atom stereocenters. The number of hydrogen-bond donors (Lipinski definition) is 1. The van der Waals surface area contributed by atoms with E-state index in [1.807, 2.05) is 0 Å². The van der Waals surface area contributed by atoms with Gasteiger partial charge in [-0.05, 0) is 62.2 Å². The largest absolute Gasteiger partial charge is 0.507 e. The van der Waals surface area contributed by atoms with Gasteiger partial charge in [-0.15, -0.1) is 0 Å². The zero-order valence-corrected chi connectivity index (χ0v) is 15.2. The third-order valence-electron chi connectivity index (χ3n) is 5.36. The highest BCUT2D eigenvalue weighted by Crippen LogP contribution is 2.40. The zero-order chi connectivity index (χ0) is 19.0. The fourth-order valence-electron chi connectivity index (χ4n) is 3.79. The number of rotatable bonds is 3. The molecule has 2 aromatic carbocycles. The molecule has 0 aromatic heterocycles. The molecule has 0 radical (unpaired) electrons. The van der Waals surface area contributed by atoms with Crippen LogP contribution in [0.1, 0.15) is 47.7 Å². The number of nitrogens with zero attached hydrogens (tertiary/aromatic N) is 1. The van der Waals surface area contributed by atoms with E-state index >= 15 is 0 Å². The van der Waals surface area contributed by atoms with E-state index in [1.165, 1.54) is 24.6 Å². The Morgan fingerprint density at radius 2 is 2.15 bits per heavy atom. The van der Waals surface area contributed by atoms with Crippen LogP contribution in [0.15, 0.2) is 42.2 Å². The maximum absolute atomic E-state index is 13.4. The predicted molar refractivity (Wildman–Crippen MR) is 101 cm³/mol. The van der Waals surface area contributed by atoms with Gasteiger partial charge in [-0.2, -0.15) is 0 Å². The van der Waals surface area contributed by atoms with E-state index in [0.717, 1.165) is 19.4 Å². The van der Waals surface area contributed by atoms with Crippen molar-refractivity contribution in [3.8, 4) is 11.5 Å². The summed E-state index contributed by atoms with van der Waals surface area (Å²) < 4.78 is 19.3. The van der Waals surface area contributed by atoms with Crippen LogP contribution in [0.3, 0.4) is 0 Å². The van der Waals surface area contributed by atoms with Crippen molar-refractivity contribution in [3.05, 3.63) is 64.7 Å². The molecule has 0 saturated carbocycles. The Morgan fingerprint density at radius 3 is 2.93 bits per heavy atom. The maximum atomic E-state index is 13.4. The maximum Gasteiger partial charge on any atom is 0.231 e. The van der Waals surface area contributed by atoms with Crippen LogP contribution in [0.5, 0.6) is 11.5 Å². The molecule has 1 unspecified atom stereocenters. The third kappa shape index (κ3) is 3.47. The summed E-state index contributed by atoms with van der Waals surface area (Å²) in [6.45, 7) is 3.68. The Kier molecular flexibility index (Phi) is 4.70. The molecule has 1 fully saturated rings.